The van der Waals surface area contributed by atoms with Gasteiger partial charge in [0.05, 0.1) is 6.42 Å². The van der Waals surface area contributed by atoms with E-state index in [9.17, 15) is 13.6 Å². The molecule has 5 heteroatoms. The predicted molar refractivity (Wildman–Crippen MR) is 84.0 cm³/mol. The Morgan fingerprint density at radius 2 is 1.83 bits per heavy atom. The molecule has 2 rings (SSSR count). The van der Waals surface area contributed by atoms with Gasteiger partial charge in [-0.3, -0.25) is 4.79 Å². The Hall–Kier alpha value is -2.27. The smallest absolute Gasteiger partial charge is 0.224 e. The number of aliphatic hydroxyl groups is 1. The molecule has 122 valence electrons. The fourth-order valence-corrected chi connectivity index (χ4v) is 2.43. The molecule has 0 bridgehead atoms. The summed E-state index contributed by atoms with van der Waals surface area (Å²) in [5.74, 6) is -2.36. The van der Waals surface area contributed by atoms with Crippen molar-refractivity contribution in [3.05, 3.63) is 71.3 Å². The Labute approximate surface area is 134 Å². The summed E-state index contributed by atoms with van der Waals surface area (Å²) in [6, 6.07) is 13.3. The third-order valence-corrected chi connectivity index (χ3v) is 3.68. The van der Waals surface area contributed by atoms with E-state index in [4.69, 9.17) is 5.11 Å². The Bertz CT molecular complexity index is 647. The first-order valence-corrected chi connectivity index (χ1v) is 7.47. The van der Waals surface area contributed by atoms with Gasteiger partial charge < -0.3 is 10.4 Å². The summed E-state index contributed by atoms with van der Waals surface area (Å²) in [5, 5.41) is 11.9. The van der Waals surface area contributed by atoms with Crippen molar-refractivity contribution >= 4 is 5.91 Å². The van der Waals surface area contributed by atoms with Gasteiger partial charge in [0.15, 0.2) is 11.6 Å². The molecule has 0 fully saturated rings. The fourth-order valence-electron chi connectivity index (χ4n) is 2.43. The molecule has 2 aromatic rings. The van der Waals surface area contributed by atoms with E-state index in [0.717, 1.165) is 11.6 Å². The lowest BCUT2D eigenvalue weighted by Crippen LogP contribution is -2.30. The van der Waals surface area contributed by atoms with Crippen molar-refractivity contribution in [2.75, 3.05) is 13.2 Å². The second kappa shape index (κ2) is 8.39. The molecule has 0 aliphatic carbocycles. The first kappa shape index (κ1) is 17.1. The normalized spacial score (nSPS) is 12.0. The predicted octanol–water partition coefficient (Wildman–Crippen LogP) is 2.79. The molecule has 0 aromatic heterocycles. The van der Waals surface area contributed by atoms with Crippen LogP contribution in [0.15, 0.2) is 48.5 Å². The number of hydrogen-bond acceptors (Lipinski definition) is 2. The molecular weight excluding hydrogens is 300 g/mol. The average Bonchev–Trinajstić information content (AvgIpc) is 2.56. The highest BCUT2D eigenvalue weighted by Crippen LogP contribution is 2.18. The van der Waals surface area contributed by atoms with Gasteiger partial charge in [-0.05, 0) is 18.1 Å². The molecule has 0 aliphatic rings. The van der Waals surface area contributed by atoms with E-state index < -0.39 is 11.6 Å². The molecule has 0 radical (unpaired) electrons. The third-order valence-electron chi connectivity index (χ3n) is 3.68. The largest absolute Gasteiger partial charge is 0.396 e. The molecule has 1 amide bonds. The van der Waals surface area contributed by atoms with E-state index in [-0.39, 0.29) is 30.4 Å². The first-order chi connectivity index (χ1) is 11.1. The Balaban J connectivity index is 1.95. The summed E-state index contributed by atoms with van der Waals surface area (Å²) < 4.78 is 26.7. The number of hydrogen-bond donors (Lipinski definition) is 2. The van der Waals surface area contributed by atoms with Crippen LogP contribution in [0, 0.1) is 11.6 Å². The average molecular weight is 319 g/mol. The van der Waals surface area contributed by atoms with Crippen LogP contribution < -0.4 is 5.32 Å². The Morgan fingerprint density at radius 3 is 2.52 bits per heavy atom. The molecule has 0 saturated carbocycles. The monoisotopic (exact) mass is 319 g/mol. The Morgan fingerprint density at radius 1 is 1.09 bits per heavy atom. The Kier molecular flexibility index (Phi) is 6.23. The first-order valence-electron chi connectivity index (χ1n) is 7.47. The van der Waals surface area contributed by atoms with Gasteiger partial charge in [0.2, 0.25) is 5.91 Å². The number of rotatable bonds is 7. The molecule has 1 unspecified atom stereocenters. The van der Waals surface area contributed by atoms with Gasteiger partial charge in [-0.1, -0.05) is 42.5 Å². The van der Waals surface area contributed by atoms with E-state index >= 15 is 0 Å². The van der Waals surface area contributed by atoms with E-state index in [1.807, 2.05) is 30.3 Å². The number of carbonyl (C=O) groups is 1. The summed E-state index contributed by atoms with van der Waals surface area (Å²) in [4.78, 5) is 12.0. The third kappa shape index (κ3) is 4.86. The molecule has 2 aromatic carbocycles. The lowest BCUT2D eigenvalue weighted by atomic mass is 9.96. The highest BCUT2D eigenvalue weighted by molar-refractivity contribution is 5.78. The number of amides is 1. The summed E-state index contributed by atoms with van der Waals surface area (Å²) in [5.41, 5.74) is 1.04. The van der Waals surface area contributed by atoms with Crippen molar-refractivity contribution in [3.8, 4) is 0 Å². The maximum atomic E-state index is 13.6. The van der Waals surface area contributed by atoms with Gasteiger partial charge in [0.1, 0.15) is 0 Å². The molecule has 0 aliphatic heterocycles. The van der Waals surface area contributed by atoms with Gasteiger partial charge in [-0.25, -0.2) is 8.78 Å². The van der Waals surface area contributed by atoms with Crippen molar-refractivity contribution < 1.29 is 18.7 Å². The molecule has 1 atom stereocenters. The van der Waals surface area contributed by atoms with Crippen LogP contribution in [0.2, 0.25) is 0 Å². The summed E-state index contributed by atoms with van der Waals surface area (Å²) in [6.45, 7) is 0.342. The number of benzene rings is 2. The zero-order valence-corrected chi connectivity index (χ0v) is 12.6. The standard InChI is InChI=1S/C18H19F2NO2/c19-16-8-4-7-14(18(16)20)11-17(23)21-12-15(9-10-22)13-5-2-1-3-6-13/h1-8,15,22H,9-12H2,(H,21,23). The molecular formula is C18H19F2NO2. The SMILES string of the molecule is O=C(Cc1cccc(F)c1F)NCC(CCO)c1ccccc1. The minimum Gasteiger partial charge on any atom is -0.396 e. The zero-order chi connectivity index (χ0) is 16.7. The van der Waals surface area contributed by atoms with Gasteiger partial charge in [-0.15, -0.1) is 0 Å². The molecule has 0 heterocycles. The number of nitrogens with one attached hydrogen (secondary N) is 1. The van der Waals surface area contributed by atoms with Crippen LogP contribution in [0.1, 0.15) is 23.5 Å². The van der Waals surface area contributed by atoms with Crippen molar-refractivity contribution in [1.82, 2.24) is 5.32 Å². The van der Waals surface area contributed by atoms with Gasteiger partial charge in [0.25, 0.3) is 0 Å². The maximum Gasteiger partial charge on any atom is 0.224 e. The van der Waals surface area contributed by atoms with E-state index in [2.05, 4.69) is 5.32 Å². The van der Waals surface area contributed by atoms with Crippen molar-refractivity contribution in [2.24, 2.45) is 0 Å². The minimum absolute atomic E-state index is 0.00789. The molecule has 0 saturated heterocycles. The van der Waals surface area contributed by atoms with Gasteiger partial charge in [0, 0.05) is 24.6 Å². The van der Waals surface area contributed by atoms with Crippen LogP contribution in [0.4, 0.5) is 8.78 Å². The molecule has 23 heavy (non-hydrogen) atoms. The lowest BCUT2D eigenvalue weighted by molar-refractivity contribution is -0.120. The van der Waals surface area contributed by atoms with Gasteiger partial charge in [-0.2, -0.15) is 0 Å². The quantitative estimate of drug-likeness (QED) is 0.824. The highest BCUT2D eigenvalue weighted by atomic mass is 19.2. The van der Waals surface area contributed by atoms with Gasteiger partial charge >= 0.3 is 0 Å². The van der Waals surface area contributed by atoms with E-state index in [1.54, 1.807) is 0 Å². The summed E-state index contributed by atoms with van der Waals surface area (Å²) in [7, 11) is 0. The van der Waals surface area contributed by atoms with E-state index in [0.29, 0.717) is 13.0 Å². The van der Waals surface area contributed by atoms with Crippen LogP contribution >= 0.6 is 0 Å². The van der Waals surface area contributed by atoms with Crippen LogP contribution in [0.25, 0.3) is 0 Å². The minimum atomic E-state index is -0.988. The second-order valence-corrected chi connectivity index (χ2v) is 5.31. The lowest BCUT2D eigenvalue weighted by Gasteiger charge is -2.17. The van der Waals surface area contributed by atoms with Crippen LogP contribution in [0.5, 0.6) is 0 Å². The van der Waals surface area contributed by atoms with E-state index in [1.165, 1.54) is 12.1 Å². The summed E-state index contributed by atoms with van der Waals surface area (Å²) >= 11 is 0. The molecule has 0 spiro atoms. The van der Waals surface area contributed by atoms with Crippen LogP contribution in [-0.2, 0) is 11.2 Å². The number of aliphatic hydroxyl groups excluding tert-OH is 1. The van der Waals surface area contributed by atoms with Crippen molar-refractivity contribution in [2.45, 2.75) is 18.8 Å². The summed E-state index contributed by atoms with van der Waals surface area (Å²) in [6.07, 6.45) is 0.294. The molecule has 3 nitrogen and oxygen atoms in total. The van der Waals surface area contributed by atoms with Crippen LogP contribution in [0.3, 0.4) is 0 Å². The fraction of sp³-hybridized carbons (Fsp3) is 0.278. The zero-order valence-electron chi connectivity index (χ0n) is 12.6. The molecule has 2 N–H and O–H groups in total. The number of carbonyl (C=O) groups excluding carboxylic acids is 1. The van der Waals surface area contributed by atoms with Crippen LogP contribution in [-0.4, -0.2) is 24.2 Å². The number of halogens is 2. The second-order valence-electron chi connectivity index (χ2n) is 5.31. The van der Waals surface area contributed by atoms with Crippen molar-refractivity contribution in [1.29, 1.82) is 0 Å². The van der Waals surface area contributed by atoms with Crippen molar-refractivity contribution in [3.63, 3.8) is 0 Å². The highest BCUT2D eigenvalue weighted by Gasteiger charge is 2.15. The maximum absolute atomic E-state index is 13.6. The topological polar surface area (TPSA) is 49.3 Å².